The SMILES string of the molecule is [B]c1cccc(C(=O)O)c1OC. The van der Waals surface area contributed by atoms with E-state index in [9.17, 15) is 4.79 Å². The molecule has 0 aromatic heterocycles. The summed E-state index contributed by atoms with van der Waals surface area (Å²) in [6, 6.07) is 4.60. The van der Waals surface area contributed by atoms with Crippen LogP contribution in [0.5, 0.6) is 5.75 Å². The first-order valence-corrected chi connectivity index (χ1v) is 3.32. The summed E-state index contributed by atoms with van der Waals surface area (Å²) in [6.07, 6.45) is 0. The maximum atomic E-state index is 10.6. The van der Waals surface area contributed by atoms with Crippen molar-refractivity contribution in [3.05, 3.63) is 23.8 Å². The lowest BCUT2D eigenvalue weighted by Crippen LogP contribution is -2.12. The van der Waals surface area contributed by atoms with E-state index in [1.54, 1.807) is 12.1 Å². The fourth-order valence-electron chi connectivity index (χ4n) is 0.951. The highest BCUT2D eigenvalue weighted by molar-refractivity contribution is 6.35. The highest BCUT2D eigenvalue weighted by Gasteiger charge is 2.10. The Labute approximate surface area is 71.4 Å². The van der Waals surface area contributed by atoms with E-state index in [-0.39, 0.29) is 11.3 Å². The third kappa shape index (κ3) is 1.42. The first kappa shape index (κ1) is 8.65. The van der Waals surface area contributed by atoms with Crippen LogP contribution in [0.2, 0.25) is 0 Å². The van der Waals surface area contributed by atoms with Gasteiger partial charge in [0.2, 0.25) is 0 Å². The van der Waals surface area contributed by atoms with Crippen LogP contribution in [0.15, 0.2) is 18.2 Å². The number of aromatic carboxylic acids is 1. The molecule has 1 aromatic rings. The summed E-state index contributed by atoms with van der Waals surface area (Å²) < 4.78 is 4.83. The van der Waals surface area contributed by atoms with Gasteiger partial charge in [-0.3, -0.25) is 0 Å². The predicted molar refractivity (Wildman–Crippen MR) is 45.3 cm³/mol. The van der Waals surface area contributed by atoms with Gasteiger partial charge in [-0.2, -0.15) is 0 Å². The average molecular weight is 162 g/mol. The van der Waals surface area contributed by atoms with Crippen molar-refractivity contribution in [2.75, 3.05) is 7.11 Å². The van der Waals surface area contributed by atoms with Gasteiger partial charge < -0.3 is 9.84 Å². The van der Waals surface area contributed by atoms with Crippen LogP contribution in [0.4, 0.5) is 0 Å². The van der Waals surface area contributed by atoms with Gasteiger partial charge in [-0.15, -0.1) is 0 Å². The van der Waals surface area contributed by atoms with Crippen LogP contribution in [0.3, 0.4) is 0 Å². The normalized spacial score (nSPS) is 9.42. The fourth-order valence-corrected chi connectivity index (χ4v) is 0.951. The van der Waals surface area contributed by atoms with Crippen molar-refractivity contribution >= 4 is 19.3 Å². The quantitative estimate of drug-likeness (QED) is 0.631. The number of methoxy groups -OCH3 is 1. The Hall–Kier alpha value is -1.45. The second-order valence-corrected chi connectivity index (χ2v) is 2.23. The molecule has 1 rings (SSSR count). The number of carboxylic acid groups (broad SMARTS) is 1. The van der Waals surface area contributed by atoms with Gasteiger partial charge in [-0.25, -0.2) is 4.79 Å². The van der Waals surface area contributed by atoms with Gasteiger partial charge in [-0.1, -0.05) is 17.6 Å². The Balaban J connectivity index is 3.27. The van der Waals surface area contributed by atoms with E-state index in [0.29, 0.717) is 5.46 Å². The third-order valence-corrected chi connectivity index (χ3v) is 1.48. The van der Waals surface area contributed by atoms with Crippen molar-refractivity contribution in [2.45, 2.75) is 0 Å². The number of carboxylic acids is 1. The van der Waals surface area contributed by atoms with Crippen molar-refractivity contribution < 1.29 is 14.6 Å². The van der Waals surface area contributed by atoms with E-state index in [4.69, 9.17) is 17.7 Å². The molecule has 0 saturated heterocycles. The Morgan fingerprint density at radius 3 is 2.67 bits per heavy atom. The monoisotopic (exact) mass is 162 g/mol. The highest BCUT2D eigenvalue weighted by atomic mass is 16.5. The minimum absolute atomic E-state index is 0.0810. The maximum Gasteiger partial charge on any atom is 0.339 e. The smallest absolute Gasteiger partial charge is 0.339 e. The number of ether oxygens (including phenoxy) is 1. The molecule has 0 heterocycles. The zero-order valence-corrected chi connectivity index (χ0v) is 6.57. The Kier molecular flexibility index (Phi) is 2.38. The Morgan fingerprint density at radius 1 is 1.58 bits per heavy atom. The Bertz CT molecular complexity index is 309. The minimum atomic E-state index is -1.04. The van der Waals surface area contributed by atoms with Gasteiger partial charge >= 0.3 is 5.97 Å². The summed E-state index contributed by atoms with van der Waals surface area (Å²) in [4.78, 5) is 10.6. The van der Waals surface area contributed by atoms with Crippen LogP contribution in [-0.4, -0.2) is 26.0 Å². The predicted octanol–water partition coefficient (Wildman–Crippen LogP) is 0.187. The largest absolute Gasteiger partial charge is 0.496 e. The molecule has 0 aliphatic heterocycles. The molecule has 1 aromatic carbocycles. The molecule has 0 aliphatic rings. The molecule has 60 valence electrons. The molecule has 2 radical (unpaired) electrons. The van der Waals surface area contributed by atoms with Gasteiger partial charge in [0.1, 0.15) is 19.2 Å². The molecule has 3 nitrogen and oxygen atoms in total. The number of rotatable bonds is 2. The van der Waals surface area contributed by atoms with Gasteiger partial charge in [0.25, 0.3) is 0 Å². The van der Waals surface area contributed by atoms with Crippen LogP contribution in [0.25, 0.3) is 0 Å². The first-order valence-electron chi connectivity index (χ1n) is 3.32. The molecule has 0 fully saturated rings. The zero-order valence-electron chi connectivity index (χ0n) is 6.57. The lowest BCUT2D eigenvalue weighted by atomic mass is 9.93. The summed E-state index contributed by atoms with van der Waals surface area (Å²) in [6.45, 7) is 0. The van der Waals surface area contributed by atoms with Crippen molar-refractivity contribution in [1.82, 2.24) is 0 Å². The van der Waals surface area contributed by atoms with Crippen LogP contribution >= 0.6 is 0 Å². The van der Waals surface area contributed by atoms with E-state index < -0.39 is 5.97 Å². The maximum absolute atomic E-state index is 10.6. The summed E-state index contributed by atoms with van der Waals surface area (Å²) in [5, 5.41) is 8.69. The number of hydrogen-bond donors (Lipinski definition) is 1. The van der Waals surface area contributed by atoms with Crippen LogP contribution in [-0.2, 0) is 0 Å². The molecule has 0 unspecified atom stereocenters. The summed E-state index contributed by atoms with van der Waals surface area (Å²) >= 11 is 0. The van der Waals surface area contributed by atoms with E-state index >= 15 is 0 Å². The van der Waals surface area contributed by atoms with Gasteiger partial charge in [0.15, 0.2) is 0 Å². The summed E-state index contributed by atoms with van der Waals surface area (Å²) in [5.41, 5.74) is 0.412. The second-order valence-electron chi connectivity index (χ2n) is 2.23. The molecule has 12 heavy (non-hydrogen) atoms. The minimum Gasteiger partial charge on any atom is -0.496 e. The van der Waals surface area contributed by atoms with Crippen LogP contribution in [0.1, 0.15) is 10.4 Å². The average Bonchev–Trinajstić information content (AvgIpc) is 2.03. The number of para-hydroxylation sites is 1. The summed E-state index contributed by atoms with van der Waals surface area (Å²) in [7, 11) is 6.87. The van der Waals surface area contributed by atoms with Gasteiger partial charge in [-0.05, 0) is 6.07 Å². The van der Waals surface area contributed by atoms with E-state index in [1.807, 2.05) is 0 Å². The fraction of sp³-hybridized carbons (Fsp3) is 0.125. The molecular weight excluding hydrogens is 155 g/mol. The standard InChI is InChI=1S/C8H7BO3/c1-12-7-5(8(10)11)3-2-4-6(7)9/h2-4H,1H3,(H,10,11). The van der Waals surface area contributed by atoms with E-state index in [0.717, 1.165) is 0 Å². The topological polar surface area (TPSA) is 46.5 Å². The molecule has 0 spiro atoms. The lowest BCUT2D eigenvalue weighted by molar-refractivity contribution is 0.0693. The molecule has 0 aliphatic carbocycles. The van der Waals surface area contributed by atoms with Crippen molar-refractivity contribution in [1.29, 1.82) is 0 Å². The molecular formula is C8H7BO3. The zero-order chi connectivity index (χ0) is 9.14. The van der Waals surface area contributed by atoms with Crippen LogP contribution < -0.4 is 10.2 Å². The molecule has 0 atom stereocenters. The number of hydrogen-bond acceptors (Lipinski definition) is 2. The first-order chi connectivity index (χ1) is 5.66. The molecule has 0 bridgehead atoms. The van der Waals surface area contributed by atoms with Crippen molar-refractivity contribution in [3.8, 4) is 5.75 Å². The molecule has 0 saturated carbocycles. The molecule has 4 heteroatoms. The number of benzene rings is 1. The van der Waals surface area contributed by atoms with Gasteiger partial charge in [0.05, 0.1) is 7.11 Å². The Morgan fingerprint density at radius 2 is 2.25 bits per heavy atom. The van der Waals surface area contributed by atoms with Crippen molar-refractivity contribution in [3.63, 3.8) is 0 Å². The van der Waals surface area contributed by atoms with Crippen LogP contribution in [0, 0.1) is 0 Å². The third-order valence-electron chi connectivity index (χ3n) is 1.48. The summed E-state index contributed by atoms with van der Waals surface area (Å²) in [5.74, 6) is -0.829. The highest BCUT2D eigenvalue weighted by Crippen LogP contribution is 2.13. The second kappa shape index (κ2) is 3.30. The van der Waals surface area contributed by atoms with E-state index in [2.05, 4.69) is 0 Å². The lowest BCUT2D eigenvalue weighted by Gasteiger charge is -2.07. The van der Waals surface area contributed by atoms with Gasteiger partial charge in [0, 0.05) is 0 Å². The van der Waals surface area contributed by atoms with Crippen molar-refractivity contribution in [2.24, 2.45) is 0 Å². The number of carbonyl (C=O) groups is 1. The van der Waals surface area contributed by atoms with E-state index in [1.165, 1.54) is 13.2 Å². The molecule has 0 amide bonds. The molecule has 1 N–H and O–H groups in total.